The number of hydrogen-bond donors (Lipinski definition) is 0. The van der Waals surface area contributed by atoms with Crippen LogP contribution < -0.4 is 0 Å². The second-order valence-electron chi connectivity index (χ2n) is 5.16. The molecule has 86 valence electrons. The lowest BCUT2D eigenvalue weighted by Gasteiger charge is -2.22. The average molecular weight is 233 g/mol. The van der Waals surface area contributed by atoms with Gasteiger partial charge in [-0.2, -0.15) is 5.26 Å². The summed E-state index contributed by atoms with van der Waals surface area (Å²) in [7, 11) is -1.68. The van der Waals surface area contributed by atoms with Gasteiger partial charge in [-0.1, -0.05) is 29.3 Å². The Labute approximate surface area is 99.0 Å². The normalized spacial score (nSPS) is 13.2. The fourth-order valence-electron chi connectivity index (χ4n) is 1.68. The van der Waals surface area contributed by atoms with E-state index in [-0.39, 0.29) is 0 Å². The van der Waals surface area contributed by atoms with Gasteiger partial charge in [-0.3, -0.25) is 0 Å². The molecule has 1 atom stereocenters. The molecule has 1 rings (SSSR count). The average Bonchev–Trinajstić information content (AvgIpc) is 2.11. The summed E-state index contributed by atoms with van der Waals surface area (Å²) in [4.78, 5) is 0. The van der Waals surface area contributed by atoms with E-state index in [1.165, 1.54) is 11.1 Å². The second kappa shape index (κ2) is 4.81. The van der Waals surface area contributed by atoms with E-state index in [0.29, 0.717) is 0 Å². The second-order valence-corrected chi connectivity index (χ2v) is 9.62. The van der Waals surface area contributed by atoms with E-state index in [2.05, 4.69) is 31.8 Å². The first-order valence-electron chi connectivity index (χ1n) is 5.47. The Bertz CT molecular complexity index is 395. The van der Waals surface area contributed by atoms with Gasteiger partial charge in [0.1, 0.15) is 0 Å². The molecule has 0 aliphatic carbocycles. The first kappa shape index (κ1) is 13.0. The molecule has 2 nitrogen and oxygen atoms in total. The zero-order valence-corrected chi connectivity index (χ0v) is 11.7. The van der Waals surface area contributed by atoms with Gasteiger partial charge in [0.25, 0.3) is 0 Å². The Balaban J connectivity index is 3.01. The maximum atomic E-state index is 9.17. The summed E-state index contributed by atoms with van der Waals surface area (Å²) in [6, 6.07) is 8.40. The van der Waals surface area contributed by atoms with Crippen molar-refractivity contribution in [1.29, 1.82) is 5.26 Å². The largest absolute Gasteiger partial charge is 0.399 e. The lowest BCUT2D eigenvalue weighted by atomic mass is 10.0. The maximum Gasteiger partial charge on any atom is 0.186 e. The van der Waals surface area contributed by atoms with Crippen LogP contribution in [0.4, 0.5) is 0 Å². The van der Waals surface area contributed by atoms with Crippen LogP contribution in [0, 0.1) is 25.2 Å². The Morgan fingerprint density at radius 1 is 1.12 bits per heavy atom. The Morgan fingerprint density at radius 3 is 2.00 bits per heavy atom. The number of nitriles is 1. The van der Waals surface area contributed by atoms with Crippen LogP contribution in [0.25, 0.3) is 0 Å². The number of aryl methyl sites for hydroxylation is 2. The van der Waals surface area contributed by atoms with E-state index in [1.807, 2.05) is 26.0 Å². The Morgan fingerprint density at radius 2 is 1.62 bits per heavy atom. The fraction of sp³-hybridized carbons (Fsp3) is 0.462. The van der Waals surface area contributed by atoms with Crippen LogP contribution >= 0.6 is 0 Å². The van der Waals surface area contributed by atoms with Gasteiger partial charge in [0.15, 0.2) is 14.4 Å². The molecule has 0 heterocycles. The van der Waals surface area contributed by atoms with Crippen molar-refractivity contribution in [2.75, 3.05) is 0 Å². The lowest BCUT2D eigenvalue weighted by molar-refractivity contribution is 0.255. The van der Waals surface area contributed by atoms with Crippen molar-refractivity contribution in [3.8, 4) is 6.07 Å². The highest BCUT2D eigenvalue weighted by Crippen LogP contribution is 2.23. The summed E-state index contributed by atoms with van der Waals surface area (Å²) < 4.78 is 5.86. The van der Waals surface area contributed by atoms with Crippen molar-refractivity contribution in [2.24, 2.45) is 0 Å². The minimum atomic E-state index is -1.68. The fourth-order valence-corrected chi connectivity index (χ4v) is 2.58. The van der Waals surface area contributed by atoms with Crippen LogP contribution in [0.2, 0.25) is 19.6 Å². The van der Waals surface area contributed by atoms with E-state index < -0.39 is 14.4 Å². The summed E-state index contributed by atoms with van der Waals surface area (Å²) in [5.74, 6) is 0. The third-order valence-corrected chi connectivity index (χ3v) is 3.08. The molecule has 0 saturated carbocycles. The van der Waals surface area contributed by atoms with Crippen molar-refractivity contribution >= 4 is 8.32 Å². The van der Waals surface area contributed by atoms with Gasteiger partial charge in [-0.05, 0) is 39.1 Å². The Hall–Kier alpha value is -1.11. The molecule has 1 aromatic rings. The minimum Gasteiger partial charge on any atom is -0.399 e. The van der Waals surface area contributed by atoms with Crippen molar-refractivity contribution in [3.05, 3.63) is 34.9 Å². The number of hydrogen-bond acceptors (Lipinski definition) is 2. The van der Waals surface area contributed by atoms with Crippen LogP contribution in [0.3, 0.4) is 0 Å². The highest BCUT2D eigenvalue weighted by molar-refractivity contribution is 6.69. The predicted molar refractivity (Wildman–Crippen MR) is 68.7 cm³/mol. The molecule has 0 spiro atoms. The van der Waals surface area contributed by atoms with Crippen LogP contribution in [0.1, 0.15) is 22.8 Å². The predicted octanol–water partition coefficient (Wildman–Crippen LogP) is 3.72. The van der Waals surface area contributed by atoms with E-state index >= 15 is 0 Å². The quantitative estimate of drug-likeness (QED) is 0.745. The van der Waals surface area contributed by atoms with Gasteiger partial charge in [0, 0.05) is 0 Å². The zero-order chi connectivity index (χ0) is 12.3. The molecular weight excluding hydrogens is 214 g/mol. The molecule has 0 N–H and O–H groups in total. The van der Waals surface area contributed by atoms with E-state index in [1.54, 1.807) is 0 Å². The topological polar surface area (TPSA) is 33.0 Å². The molecule has 0 saturated heterocycles. The van der Waals surface area contributed by atoms with Crippen molar-refractivity contribution in [3.63, 3.8) is 0 Å². The molecule has 16 heavy (non-hydrogen) atoms. The van der Waals surface area contributed by atoms with E-state index in [4.69, 9.17) is 4.43 Å². The summed E-state index contributed by atoms with van der Waals surface area (Å²) in [5, 5.41) is 9.17. The first-order valence-corrected chi connectivity index (χ1v) is 8.88. The monoisotopic (exact) mass is 233 g/mol. The van der Waals surface area contributed by atoms with Gasteiger partial charge in [-0.25, -0.2) is 0 Å². The molecule has 0 amide bonds. The van der Waals surface area contributed by atoms with Gasteiger partial charge in [0.05, 0.1) is 6.07 Å². The van der Waals surface area contributed by atoms with E-state index in [9.17, 15) is 5.26 Å². The molecule has 0 fully saturated rings. The molecule has 3 heteroatoms. The summed E-state index contributed by atoms with van der Waals surface area (Å²) in [6.07, 6.45) is -0.426. The zero-order valence-electron chi connectivity index (χ0n) is 10.7. The van der Waals surface area contributed by atoms with Crippen LogP contribution in [0.15, 0.2) is 18.2 Å². The van der Waals surface area contributed by atoms with Crippen molar-refractivity contribution < 1.29 is 4.43 Å². The van der Waals surface area contributed by atoms with Crippen molar-refractivity contribution in [2.45, 2.75) is 39.6 Å². The van der Waals surface area contributed by atoms with Crippen LogP contribution in [-0.4, -0.2) is 8.32 Å². The third kappa shape index (κ3) is 3.80. The summed E-state index contributed by atoms with van der Waals surface area (Å²) in [6.45, 7) is 10.4. The highest BCUT2D eigenvalue weighted by Gasteiger charge is 2.22. The third-order valence-electron chi connectivity index (χ3n) is 2.14. The van der Waals surface area contributed by atoms with Crippen LogP contribution in [0.5, 0.6) is 0 Å². The molecular formula is C13H19NOSi. The van der Waals surface area contributed by atoms with Gasteiger partial charge in [-0.15, -0.1) is 0 Å². The van der Waals surface area contributed by atoms with Gasteiger partial charge in [0.2, 0.25) is 0 Å². The number of rotatable bonds is 3. The number of nitrogens with zero attached hydrogens (tertiary/aromatic N) is 1. The number of benzene rings is 1. The molecule has 0 radical (unpaired) electrons. The Kier molecular flexibility index (Phi) is 3.90. The minimum absolute atomic E-state index is 0.426. The molecule has 0 aromatic heterocycles. The molecule has 1 aromatic carbocycles. The van der Waals surface area contributed by atoms with Crippen LogP contribution in [-0.2, 0) is 4.43 Å². The summed E-state index contributed by atoms with van der Waals surface area (Å²) >= 11 is 0. The SMILES string of the molecule is Cc1cc(C)cc(C(C#N)O[Si](C)(C)C)c1. The summed E-state index contributed by atoms with van der Waals surface area (Å²) in [5.41, 5.74) is 3.33. The highest BCUT2D eigenvalue weighted by atomic mass is 28.4. The molecule has 0 bridgehead atoms. The maximum absolute atomic E-state index is 9.17. The molecule has 1 unspecified atom stereocenters. The van der Waals surface area contributed by atoms with Gasteiger partial charge < -0.3 is 4.43 Å². The molecule has 0 aliphatic heterocycles. The first-order chi connectivity index (χ1) is 7.31. The van der Waals surface area contributed by atoms with E-state index in [0.717, 1.165) is 5.56 Å². The lowest BCUT2D eigenvalue weighted by Crippen LogP contribution is -2.27. The molecule has 0 aliphatic rings. The van der Waals surface area contributed by atoms with Gasteiger partial charge >= 0.3 is 0 Å². The standard InChI is InChI=1S/C13H19NOSi/c1-10-6-11(2)8-12(7-10)13(9-14)15-16(3,4)5/h6-8,13H,1-5H3. The van der Waals surface area contributed by atoms with Crippen molar-refractivity contribution in [1.82, 2.24) is 0 Å². The smallest absolute Gasteiger partial charge is 0.186 e.